The Bertz CT molecular complexity index is 978. The largest absolute Gasteiger partial charge is 0.508 e. The van der Waals surface area contributed by atoms with Crippen molar-refractivity contribution in [1.82, 2.24) is 10.6 Å². The highest BCUT2D eigenvalue weighted by Gasteiger charge is 2.52. The molecule has 3 rings (SSSR count). The minimum atomic E-state index is -1.99. The number of phenols is 4. The summed E-state index contributed by atoms with van der Waals surface area (Å²) in [4.78, 5) is 25.0. The molecule has 3 amide bonds. The molecule has 0 radical (unpaired) electrons. The predicted octanol–water partition coefficient (Wildman–Crippen LogP) is 2.05. The molecule has 0 bridgehead atoms. The Labute approximate surface area is 166 Å². The van der Waals surface area contributed by atoms with Crippen molar-refractivity contribution >= 4 is 11.9 Å². The lowest BCUT2D eigenvalue weighted by atomic mass is 9.79. The number of carbonyl (C=O) groups excluding carboxylic acids is 2. The molecule has 0 saturated carbocycles. The van der Waals surface area contributed by atoms with Crippen molar-refractivity contribution in [2.24, 2.45) is 0 Å². The van der Waals surface area contributed by atoms with E-state index in [1.807, 2.05) is 0 Å². The van der Waals surface area contributed by atoms with Gasteiger partial charge in [0.2, 0.25) is 0 Å². The Hall–Kier alpha value is -3.94. The van der Waals surface area contributed by atoms with Crippen LogP contribution < -0.4 is 10.6 Å². The predicted molar refractivity (Wildman–Crippen MR) is 105 cm³/mol. The van der Waals surface area contributed by atoms with E-state index in [0.717, 1.165) is 0 Å². The first-order valence-corrected chi connectivity index (χ1v) is 8.71. The van der Waals surface area contributed by atoms with Crippen molar-refractivity contribution < 1.29 is 30.0 Å². The van der Waals surface area contributed by atoms with Gasteiger partial charge in [0.1, 0.15) is 23.0 Å². The van der Waals surface area contributed by atoms with E-state index >= 15 is 0 Å². The van der Waals surface area contributed by atoms with Crippen LogP contribution in [0.3, 0.4) is 0 Å². The van der Waals surface area contributed by atoms with E-state index in [9.17, 15) is 30.0 Å². The van der Waals surface area contributed by atoms with Gasteiger partial charge in [0.05, 0.1) is 0 Å². The third kappa shape index (κ3) is 2.94. The number of allylic oxidation sites excluding steroid dienone is 2. The molecule has 150 valence electrons. The number of imide groups is 1. The first kappa shape index (κ1) is 19.8. The quantitative estimate of drug-likeness (QED) is 0.326. The van der Waals surface area contributed by atoms with Crippen LogP contribution >= 0.6 is 0 Å². The minimum absolute atomic E-state index is 0.0546. The summed E-state index contributed by atoms with van der Waals surface area (Å²) in [6, 6.07) is 4.28. The molecule has 29 heavy (non-hydrogen) atoms. The number of phenolic OH excluding ortho intramolecular Hbond substituents is 4. The lowest BCUT2D eigenvalue weighted by molar-refractivity contribution is -0.123. The van der Waals surface area contributed by atoms with Gasteiger partial charge >= 0.3 is 6.03 Å². The van der Waals surface area contributed by atoms with Gasteiger partial charge in [0.25, 0.3) is 5.91 Å². The van der Waals surface area contributed by atoms with Crippen LogP contribution in [-0.4, -0.2) is 32.4 Å². The Kier molecular flexibility index (Phi) is 4.94. The molecule has 0 spiro atoms. The molecule has 8 nitrogen and oxygen atoms in total. The Balaban J connectivity index is 2.37. The third-order valence-corrected chi connectivity index (χ3v) is 4.89. The van der Waals surface area contributed by atoms with Gasteiger partial charge in [-0.15, -0.1) is 13.2 Å². The van der Waals surface area contributed by atoms with Gasteiger partial charge in [0.15, 0.2) is 5.54 Å². The molecule has 8 heteroatoms. The molecule has 2 aromatic carbocycles. The summed E-state index contributed by atoms with van der Waals surface area (Å²) in [7, 11) is 0. The number of benzene rings is 2. The third-order valence-electron chi connectivity index (χ3n) is 4.89. The molecule has 6 N–H and O–H groups in total. The molecule has 0 atom stereocenters. The van der Waals surface area contributed by atoms with Crippen LogP contribution in [0.2, 0.25) is 0 Å². The molecule has 1 heterocycles. The first-order valence-electron chi connectivity index (χ1n) is 8.71. The Morgan fingerprint density at radius 3 is 1.62 bits per heavy atom. The molecule has 1 saturated heterocycles. The highest BCUT2D eigenvalue weighted by atomic mass is 16.3. The van der Waals surface area contributed by atoms with E-state index in [2.05, 4.69) is 23.8 Å². The molecular weight excluding hydrogens is 376 g/mol. The standard InChI is InChI=1S/C21H20N2O6/c1-3-5-11-15(24)9-7-13(17(11)26)21(19(28)22-20(29)23-21)14-8-10-16(25)12(6-4-2)18(14)27/h3-4,7-10,24-27H,1-2,5-6H2,(H2,22,23,28,29). The second-order valence-electron chi connectivity index (χ2n) is 6.56. The van der Waals surface area contributed by atoms with Crippen molar-refractivity contribution in [3.63, 3.8) is 0 Å². The lowest BCUT2D eigenvalue weighted by Gasteiger charge is -2.30. The molecule has 0 unspecified atom stereocenters. The number of carbonyl (C=O) groups is 2. The number of rotatable bonds is 6. The number of aromatic hydroxyl groups is 4. The van der Waals surface area contributed by atoms with Gasteiger partial charge in [-0.3, -0.25) is 10.1 Å². The van der Waals surface area contributed by atoms with Gasteiger partial charge in [-0.25, -0.2) is 4.79 Å². The number of urea groups is 1. The molecule has 1 aliphatic rings. The van der Waals surface area contributed by atoms with Crippen molar-refractivity contribution in [1.29, 1.82) is 0 Å². The molecule has 1 aliphatic heterocycles. The zero-order valence-corrected chi connectivity index (χ0v) is 15.4. The summed E-state index contributed by atoms with van der Waals surface area (Å²) < 4.78 is 0. The maximum absolute atomic E-state index is 12.9. The van der Waals surface area contributed by atoms with Crippen LogP contribution in [-0.2, 0) is 23.2 Å². The van der Waals surface area contributed by atoms with E-state index in [-0.39, 0.29) is 46.6 Å². The zero-order valence-electron chi connectivity index (χ0n) is 15.4. The van der Waals surface area contributed by atoms with Crippen molar-refractivity contribution in [3.05, 3.63) is 71.8 Å². The summed E-state index contributed by atoms with van der Waals surface area (Å²) in [5.74, 6) is -2.12. The van der Waals surface area contributed by atoms with Crippen molar-refractivity contribution in [2.75, 3.05) is 0 Å². The second kappa shape index (κ2) is 7.23. The topological polar surface area (TPSA) is 139 Å². The number of hydrogen-bond donors (Lipinski definition) is 6. The van der Waals surface area contributed by atoms with Crippen LogP contribution in [0.4, 0.5) is 4.79 Å². The fraction of sp³-hybridized carbons (Fsp3) is 0.143. The van der Waals surface area contributed by atoms with Crippen LogP contribution in [0.1, 0.15) is 22.3 Å². The van der Waals surface area contributed by atoms with E-state index < -0.39 is 29.0 Å². The lowest BCUT2D eigenvalue weighted by Crippen LogP contribution is -2.45. The van der Waals surface area contributed by atoms with E-state index in [0.29, 0.717) is 0 Å². The highest BCUT2D eigenvalue weighted by molar-refractivity contribution is 6.10. The van der Waals surface area contributed by atoms with Crippen LogP contribution in [0.25, 0.3) is 0 Å². The SMILES string of the molecule is C=CCc1c(O)ccc(C2(c3ccc(O)c(CC=C)c3O)NC(=O)NC2=O)c1O. The van der Waals surface area contributed by atoms with Crippen molar-refractivity contribution in [2.45, 2.75) is 18.4 Å². The highest BCUT2D eigenvalue weighted by Crippen LogP contribution is 2.46. The van der Waals surface area contributed by atoms with Gasteiger partial charge in [-0.1, -0.05) is 12.2 Å². The number of nitrogens with one attached hydrogen (secondary N) is 2. The normalized spacial score (nSPS) is 14.9. The minimum Gasteiger partial charge on any atom is -0.508 e. The van der Waals surface area contributed by atoms with E-state index in [1.165, 1.54) is 36.4 Å². The van der Waals surface area contributed by atoms with Crippen LogP contribution in [0, 0.1) is 0 Å². The van der Waals surface area contributed by atoms with Gasteiger partial charge in [-0.2, -0.15) is 0 Å². The van der Waals surface area contributed by atoms with Gasteiger partial charge < -0.3 is 25.7 Å². The first-order chi connectivity index (χ1) is 13.8. The maximum atomic E-state index is 12.9. The van der Waals surface area contributed by atoms with Crippen LogP contribution in [0.5, 0.6) is 23.0 Å². The molecular formula is C21H20N2O6. The molecule has 0 aromatic heterocycles. The fourth-order valence-electron chi connectivity index (χ4n) is 3.53. The summed E-state index contributed by atoms with van der Waals surface area (Å²) in [6.45, 7) is 7.15. The smallest absolute Gasteiger partial charge is 0.322 e. The van der Waals surface area contributed by atoms with Gasteiger partial charge in [0, 0.05) is 22.3 Å². The van der Waals surface area contributed by atoms with Crippen LogP contribution in [0.15, 0.2) is 49.6 Å². The van der Waals surface area contributed by atoms with Crippen molar-refractivity contribution in [3.8, 4) is 23.0 Å². The fourth-order valence-corrected chi connectivity index (χ4v) is 3.53. The molecule has 1 fully saturated rings. The average molecular weight is 396 g/mol. The van der Waals surface area contributed by atoms with E-state index in [4.69, 9.17) is 0 Å². The summed E-state index contributed by atoms with van der Waals surface area (Å²) >= 11 is 0. The number of amides is 3. The summed E-state index contributed by atoms with van der Waals surface area (Å²) in [6.07, 6.45) is 3.11. The molecule has 2 aromatic rings. The number of hydrogen-bond acceptors (Lipinski definition) is 6. The monoisotopic (exact) mass is 396 g/mol. The Morgan fingerprint density at radius 1 is 0.828 bits per heavy atom. The summed E-state index contributed by atoms with van der Waals surface area (Å²) in [5.41, 5.74) is -1.88. The average Bonchev–Trinajstić information content (AvgIpc) is 2.96. The van der Waals surface area contributed by atoms with E-state index in [1.54, 1.807) is 0 Å². The molecule has 0 aliphatic carbocycles. The Morgan fingerprint density at radius 2 is 1.28 bits per heavy atom. The summed E-state index contributed by atoms with van der Waals surface area (Å²) in [5, 5.41) is 46.4. The second-order valence-corrected chi connectivity index (χ2v) is 6.56. The zero-order chi connectivity index (χ0) is 21.3. The maximum Gasteiger partial charge on any atom is 0.322 e. The van der Waals surface area contributed by atoms with Gasteiger partial charge in [-0.05, 0) is 37.1 Å².